The summed E-state index contributed by atoms with van der Waals surface area (Å²) in [5.41, 5.74) is 2.45. The van der Waals surface area contributed by atoms with E-state index in [1.54, 1.807) is 0 Å². The summed E-state index contributed by atoms with van der Waals surface area (Å²) in [4.78, 5) is 6.56. The second-order valence-corrected chi connectivity index (χ2v) is 6.26. The van der Waals surface area contributed by atoms with E-state index in [4.69, 9.17) is 0 Å². The molecule has 0 radical (unpaired) electrons. The van der Waals surface area contributed by atoms with Crippen molar-refractivity contribution < 1.29 is 0 Å². The molecule has 0 aliphatic heterocycles. The normalized spacial score (nSPS) is 12.0. The molecule has 5 nitrogen and oxygen atoms in total. The van der Waals surface area contributed by atoms with Crippen LogP contribution in [-0.2, 0) is 13.6 Å². The summed E-state index contributed by atoms with van der Waals surface area (Å²) in [7, 11) is 5.91. The van der Waals surface area contributed by atoms with Gasteiger partial charge in [-0.2, -0.15) is 5.10 Å². The number of nitrogens with zero attached hydrogens (tertiary/aromatic N) is 4. The van der Waals surface area contributed by atoms with Crippen molar-refractivity contribution in [3.05, 3.63) is 17.5 Å². The molecule has 1 rings (SSSR count). The zero-order chi connectivity index (χ0) is 16.5. The number of guanidine groups is 1. The van der Waals surface area contributed by atoms with E-state index in [-0.39, 0.29) is 0 Å². The van der Waals surface area contributed by atoms with Crippen molar-refractivity contribution in [3.8, 4) is 0 Å². The minimum atomic E-state index is 0.439. The summed E-state index contributed by atoms with van der Waals surface area (Å²) in [6.45, 7) is 8.43. The molecule has 5 heteroatoms. The Kier molecular flexibility index (Phi) is 7.99. The maximum atomic E-state index is 4.57. The van der Waals surface area contributed by atoms with Gasteiger partial charge in [0.05, 0.1) is 5.69 Å². The highest BCUT2D eigenvalue weighted by molar-refractivity contribution is 5.79. The van der Waals surface area contributed by atoms with Crippen LogP contribution in [0.4, 0.5) is 0 Å². The molecule has 126 valence electrons. The molecule has 0 amide bonds. The van der Waals surface area contributed by atoms with Gasteiger partial charge in [-0.1, -0.05) is 40.0 Å². The van der Waals surface area contributed by atoms with Crippen molar-refractivity contribution in [2.45, 2.75) is 58.9 Å². The molecule has 1 aromatic rings. The third kappa shape index (κ3) is 5.70. The predicted molar refractivity (Wildman–Crippen MR) is 94.3 cm³/mol. The van der Waals surface area contributed by atoms with Crippen molar-refractivity contribution in [3.63, 3.8) is 0 Å². The van der Waals surface area contributed by atoms with Crippen molar-refractivity contribution in [1.82, 2.24) is 20.0 Å². The number of nitrogens with one attached hydrogen (secondary N) is 1. The second kappa shape index (κ2) is 9.49. The van der Waals surface area contributed by atoms with Crippen LogP contribution < -0.4 is 5.32 Å². The van der Waals surface area contributed by atoms with Crippen molar-refractivity contribution >= 4 is 5.96 Å². The smallest absolute Gasteiger partial charge is 0.193 e. The fraction of sp³-hybridized carbons (Fsp3) is 0.765. The van der Waals surface area contributed by atoms with Gasteiger partial charge >= 0.3 is 0 Å². The molecule has 0 aliphatic carbocycles. The van der Waals surface area contributed by atoms with Gasteiger partial charge < -0.3 is 10.2 Å². The van der Waals surface area contributed by atoms with Crippen LogP contribution in [0.25, 0.3) is 0 Å². The predicted octanol–water partition coefficient (Wildman–Crippen LogP) is 3.13. The lowest BCUT2D eigenvalue weighted by molar-refractivity contribution is 0.471. The maximum absolute atomic E-state index is 4.57. The van der Waals surface area contributed by atoms with E-state index in [1.807, 2.05) is 18.8 Å². The molecule has 1 aromatic heterocycles. The molecule has 0 unspecified atom stereocenters. The van der Waals surface area contributed by atoms with E-state index in [0.29, 0.717) is 5.92 Å². The molecule has 0 aromatic carbocycles. The Morgan fingerprint density at radius 3 is 2.68 bits per heavy atom. The van der Waals surface area contributed by atoms with Crippen LogP contribution in [0.5, 0.6) is 0 Å². The highest BCUT2D eigenvalue weighted by Crippen LogP contribution is 2.18. The molecule has 1 N–H and O–H groups in total. The largest absolute Gasteiger partial charge is 0.356 e. The standard InChI is InChI=1S/C17H33N5/c1-7-8-9-10-11-19-17(18-4)21(5)12-15-13-22(6)20-16(15)14(2)3/h13-14H,7-12H2,1-6H3,(H,18,19). The number of hydrogen-bond acceptors (Lipinski definition) is 2. The third-order valence-corrected chi connectivity index (χ3v) is 3.78. The highest BCUT2D eigenvalue weighted by atomic mass is 15.3. The van der Waals surface area contributed by atoms with E-state index in [0.717, 1.165) is 19.0 Å². The summed E-state index contributed by atoms with van der Waals surface area (Å²) in [6.07, 6.45) is 7.17. The van der Waals surface area contributed by atoms with Crippen LogP contribution in [-0.4, -0.2) is 41.3 Å². The molecule has 0 saturated heterocycles. The Balaban J connectivity index is 2.56. The van der Waals surface area contributed by atoms with Gasteiger partial charge in [-0.3, -0.25) is 9.67 Å². The highest BCUT2D eigenvalue weighted by Gasteiger charge is 2.14. The summed E-state index contributed by atoms with van der Waals surface area (Å²) in [6, 6.07) is 0. The van der Waals surface area contributed by atoms with E-state index in [9.17, 15) is 0 Å². The van der Waals surface area contributed by atoms with Crippen LogP contribution in [0.1, 0.15) is 63.6 Å². The van der Waals surface area contributed by atoms with Crippen LogP contribution in [0.3, 0.4) is 0 Å². The number of unbranched alkanes of at least 4 members (excludes halogenated alkanes) is 3. The molecule has 0 saturated carbocycles. The maximum Gasteiger partial charge on any atom is 0.193 e. The topological polar surface area (TPSA) is 45.5 Å². The van der Waals surface area contributed by atoms with E-state index in [1.165, 1.54) is 36.9 Å². The van der Waals surface area contributed by atoms with Gasteiger partial charge in [0.15, 0.2) is 5.96 Å². The van der Waals surface area contributed by atoms with Crippen LogP contribution in [0, 0.1) is 0 Å². The van der Waals surface area contributed by atoms with E-state index < -0.39 is 0 Å². The monoisotopic (exact) mass is 307 g/mol. The van der Waals surface area contributed by atoms with Gasteiger partial charge in [-0.25, -0.2) is 0 Å². The molecule has 0 atom stereocenters. The Morgan fingerprint density at radius 2 is 2.09 bits per heavy atom. The lowest BCUT2D eigenvalue weighted by atomic mass is 10.1. The fourth-order valence-corrected chi connectivity index (χ4v) is 2.63. The quantitative estimate of drug-likeness (QED) is 0.456. The van der Waals surface area contributed by atoms with E-state index in [2.05, 4.69) is 54.3 Å². The molecule has 0 fully saturated rings. The lowest BCUT2D eigenvalue weighted by Crippen LogP contribution is -2.39. The summed E-state index contributed by atoms with van der Waals surface area (Å²) in [5.74, 6) is 1.39. The van der Waals surface area contributed by atoms with Gasteiger partial charge in [0.1, 0.15) is 0 Å². The Hall–Kier alpha value is -1.52. The van der Waals surface area contributed by atoms with Gasteiger partial charge in [0.25, 0.3) is 0 Å². The Labute approximate surface area is 135 Å². The minimum Gasteiger partial charge on any atom is -0.356 e. The zero-order valence-corrected chi connectivity index (χ0v) is 15.2. The van der Waals surface area contributed by atoms with Crippen LogP contribution in [0.2, 0.25) is 0 Å². The molecule has 1 heterocycles. The second-order valence-electron chi connectivity index (χ2n) is 6.26. The first-order valence-corrected chi connectivity index (χ1v) is 8.43. The number of aryl methyl sites for hydroxylation is 1. The molecular weight excluding hydrogens is 274 g/mol. The van der Waals surface area contributed by atoms with Gasteiger partial charge in [-0.15, -0.1) is 0 Å². The SMILES string of the molecule is CCCCCCNC(=NC)N(C)Cc1cn(C)nc1C(C)C. The third-order valence-electron chi connectivity index (χ3n) is 3.78. The number of aliphatic imine (C=N–C) groups is 1. The van der Waals surface area contributed by atoms with Crippen molar-refractivity contribution in [2.24, 2.45) is 12.0 Å². The molecule has 0 aliphatic rings. The van der Waals surface area contributed by atoms with Gasteiger partial charge in [0.2, 0.25) is 0 Å². The van der Waals surface area contributed by atoms with E-state index >= 15 is 0 Å². The minimum absolute atomic E-state index is 0.439. The Morgan fingerprint density at radius 1 is 1.36 bits per heavy atom. The number of hydrogen-bond donors (Lipinski definition) is 1. The van der Waals surface area contributed by atoms with Crippen LogP contribution >= 0.6 is 0 Å². The first-order valence-electron chi connectivity index (χ1n) is 8.43. The summed E-state index contributed by atoms with van der Waals surface area (Å²) >= 11 is 0. The van der Waals surface area contributed by atoms with Crippen molar-refractivity contribution in [2.75, 3.05) is 20.6 Å². The summed E-state index contributed by atoms with van der Waals surface area (Å²) in [5, 5.41) is 8.03. The fourth-order valence-electron chi connectivity index (χ4n) is 2.63. The average molecular weight is 307 g/mol. The van der Waals surface area contributed by atoms with Crippen molar-refractivity contribution in [1.29, 1.82) is 0 Å². The Bertz CT molecular complexity index is 462. The number of rotatable bonds is 8. The zero-order valence-electron chi connectivity index (χ0n) is 15.2. The first kappa shape index (κ1) is 18.5. The molecule has 0 bridgehead atoms. The van der Waals surface area contributed by atoms with Crippen LogP contribution in [0.15, 0.2) is 11.2 Å². The first-order chi connectivity index (χ1) is 10.5. The summed E-state index contributed by atoms with van der Waals surface area (Å²) < 4.78 is 1.90. The lowest BCUT2D eigenvalue weighted by Gasteiger charge is -2.22. The van der Waals surface area contributed by atoms with Gasteiger partial charge in [0, 0.05) is 46.0 Å². The number of aromatic nitrogens is 2. The van der Waals surface area contributed by atoms with Gasteiger partial charge in [-0.05, 0) is 12.3 Å². The molecule has 0 spiro atoms. The molecule has 22 heavy (non-hydrogen) atoms. The molecular formula is C17H33N5. The average Bonchev–Trinajstić information content (AvgIpc) is 2.83.